The molecule has 2 aliphatic heterocycles. The molecule has 2 amide bonds. The van der Waals surface area contributed by atoms with Crippen molar-refractivity contribution < 1.29 is 27.5 Å². The van der Waals surface area contributed by atoms with Crippen LogP contribution in [0.15, 0.2) is 42.7 Å². The van der Waals surface area contributed by atoms with Gasteiger partial charge in [-0.3, -0.25) is 24.3 Å². The molecule has 13 heteroatoms. The summed E-state index contributed by atoms with van der Waals surface area (Å²) >= 11 is 0. The molecule has 1 aromatic carbocycles. The van der Waals surface area contributed by atoms with Crippen molar-refractivity contribution in [1.29, 1.82) is 0 Å². The normalized spacial score (nSPS) is 20.3. The minimum atomic E-state index is -4.55. The van der Waals surface area contributed by atoms with Gasteiger partial charge < -0.3 is 10.5 Å². The van der Waals surface area contributed by atoms with Gasteiger partial charge in [-0.05, 0) is 49.1 Å². The number of hydrogen-bond acceptors (Lipinski definition) is 7. The number of nitrogen functional groups attached to an aromatic ring is 1. The van der Waals surface area contributed by atoms with Gasteiger partial charge in [0, 0.05) is 31.2 Å². The number of rotatable bonds is 4. The second-order valence-electron chi connectivity index (χ2n) is 10.1. The van der Waals surface area contributed by atoms with Crippen molar-refractivity contribution in [3.05, 3.63) is 59.5 Å². The average molecular weight is 540 g/mol. The van der Waals surface area contributed by atoms with Gasteiger partial charge in [0.1, 0.15) is 11.4 Å². The van der Waals surface area contributed by atoms with Crippen molar-refractivity contribution in [2.24, 2.45) is 13.0 Å². The molecule has 7 rings (SSSR count). The van der Waals surface area contributed by atoms with Gasteiger partial charge in [0.05, 0.1) is 47.0 Å². The van der Waals surface area contributed by atoms with E-state index in [1.807, 2.05) is 0 Å². The number of alkyl halides is 3. The molecule has 4 aromatic rings. The number of nitrogens with zero attached hydrogens (tertiary/aromatic N) is 6. The molecule has 39 heavy (non-hydrogen) atoms. The molecule has 5 heterocycles. The fraction of sp³-hybridized carbons (Fsp3) is 0.346. The van der Waals surface area contributed by atoms with E-state index in [0.29, 0.717) is 59.2 Å². The van der Waals surface area contributed by atoms with Gasteiger partial charge in [0.25, 0.3) is 11.8 Å². The lowest BCUT2D eigenvalue weighted by Gasteiger charge is -2.41. The Kier molecular flexibility index (Phi) is 5.54. The summed E-state index contributed by atoms with van der Waals surface area (Å²) in [6.45, 7) is 0.243. The first-order valence-electron chi connectivity index (χ1n) is 12.2. The number of benzene rings is 1. The van der Waals surface area contributed by atoms with Crippen LogP contribution in [0.25, 0.3) is 21.8 Å². The maximum Gasteiger partial charge on any atom is 0.417 e. The number of aryl methyl sites for hydroxylation is 1. The number of hydrazine groups is 1. The smallest absolute Gasteiger partial charge is 0.383 e. The molecule has 2 bridgehead atoms. The third-order valence-corrected chi connectivity index (χ3v) is 7.53. The Morgan fingerprint density at radius 2 is 1.95 bits per heavy atom. The van der Waals surface area contributed by atoms with Crippen molar-refractivity contribution in [3.8, 4) is 0 Å². The van der Waals surface area contributed by atoms with Crippen molar-refractivity contribution in [1.82, 2.24) is 29.8 Å². The van der Waals surface area contributed by atoms with Gasteiger partial charge in [-0.15, -0.1) is 0 Å². The molecule has 202 valence electrons. The molecule has 3 aromatic heterocycles. The zero-order chi connectivity index (χ0) is 27.7. The van der Waals surface area contributed by atoms with Gasteiger partial charge in [-0.25, -0.2) is 9.99 Å². The molecule has 1 aliphatic carbocycles. The fourth-order valence-electron chi connectivity index (χ4n) is 5.42. The minimum Gasteiger partial charge on any atom is -0.383 e. The predicted molar refractivity (Wildman–Crippen MR) is 134 cm³/mol. The molecule has 1 saturated carbocycles. The lowest BCUT2D eigenvalue weighted by atomic mass is 9.74. The number of carbonyl (C=O) groups excluding carboxylic acids is 2. The number of anilines is 1. The number of aromatic nitrogens is 4. The Morgan fingerprint density at radius 3 is 2.59 bits per heavy atom. The quantitative estimate of drug-likeness (QED) is 0.395. The monoisotopic (exact) mass is 539 g/mol. The summed E-state index contributed by atoms with van der Waals surface area (Å²) in [4.78, 5) is 35.8. The molecule has 2 saturated heterocycles. The Morgan fingerprint density at radius 1 is 1.18 bits per heavy atom. The van der Waals surface area contributed by atoms with E-state index in [9.17, 15) is 22.8 Å². The summed E-state index contributed by atoms with van der Waals surface area (Å²) in [7, 11) is 3.20. The second kappa shape index (κ2) is 8.63. The first-order valence-corrected chi connectivity index (χ1v) is 12.2. The van der Waals surface area contributed by atoms with Crippen LogP contribution in [0.3, 0.4) is 0 Å². The summed E-state index contributed by atoms with van der Waals surface area (Å²) in [5.41, 5.74) is 5.84. The molecule has 2 N–H and O–H groups in total. The van der Waals surface area contributed by atoms with Crippen LogP contribution in [0, 0.1) is 5.92 Å². The lowest BCUT2D eigenvalue weighted by Crippen LogP contribution is -2.57. The maximum absolute atomic E-state index is 13.9. The van der Waals surface area contributed by atoms with E-state index in [0.717, 1.165) is 6.07 Å². The van der Waals surface area contributed by atoms with Crippen LogP contribution < -0.4 is 5.73 Å². The number of halogens is 3. The van der Waals surface area contributed by atoms with E-state index in [1.165, 1.54) is 23.1 Å². The molecular formula is C26H24F3N7O3. The summed E-state index contributed by atoms with van der Waals surface area (Å²) in [5, 5.41) is 7.87. The first kappa shape index (κ1) is 25.0. The number of fused-ring (bicyclic) bond motifs is 4. The van der Waals surface area contributed by atoms with Gasteiger partial charge in [-0.1, -0.05) is 0 Å². The molecular weight excluding hydrogens is 515 g/mol. The van der Waals surface area contributed by atoms with Crippen LogP contribution in [0.2, 0.25) is 0 Å². The highest BCUT2D eigenvalue weighted by Crippen LogP contribution is 2.49. The van der Waals surface area contributed by atoms with E-state index in [4.69, 9.17) is 10.5 Å². The number of amides is 2. The number of hydrogen-bond donors (Lipinski definition) is 1. The van der Waals surface area contributed by atoms with Crippen LogP contribution in [0.5, 0.6) is 0 Å². The third kappa shape index (κ3) is 4.04. The standard InChI is InChI=1S/C26H24F3N7O3/c1-34-21-18-7-15(3-6-20(18)33-22(30)19(21)11-32-34)23(37)36(12-17-5-4-16(10-31-17)26(27,28)29)35(2)24(38)25-8-14(9-25)13-39-25/h3-7,10-11,14H,8-9,12-13H2,1-2H3,(H2,30,33). The van der Waals surface area contributed by atoms with Crippen molar-refractivity contribution in [2.75, 3.05) is 19.4 Å². The lowest BCUT2D eigenvalue weighted by molar-refractivity contribution is -0.166. The zero-order valence-corrected chi connectivity index (χ0v) is 21.1. The number of likely N-dealkylation sites (N-methyl/N-ethyl adjacent to an activating group) is 1. The Labute approximate surface area is 220 Å². The largest absolute Gasteiger partial charge is 0.417 e. The molecule has 0 radical (unpaired) electrons. The third-order valence-electron chi connectivity index (χ3n) is 7.53. The van der Waals surface area contributed by atoms with Crippen molar-refractivity contribution >= 4 is 39.4 Å². The molecule has 0 spiro atoms. The van der Waals surface area contributed by atoms with Gasteiger partial charge >= 0.3 is 6.18 Å². The Hall–Kier alpha value is -4.26. The highest BCUT2D eigenvalue weighted by atomic mass is 19.4. The number of pyridine rings is 2. The Bertz CT molecular complexity index is 1620. The van der Waals surface area contributed by atoms with Gasteiger partial charge in [0.2, 0.25) is 0 Å². The number of carbonyl (C=O) groups is 2. The first-order chi connectivity index (χ1) is 18.5. The van der Waals surface area contributed by atoms with Crippen LogP contribution in [-0.4, -0.2) is 60.8 Å². The number of nitrogens with two attached hydrogens (primary N) is 1. The van der Waals surface area contributed by atoms with Gasteiger partial charge in [0.15, 0.2) is 0 Å². The van der Waals surface area contributed by atoms with Crippen LogP contribution in [-0.2, 0) is 29.3 Å². The summed E-state index contributed by atoms with van der Waals surface area (Å²) < 4.78 is 46.6. The fourth-order valence-corrected chi connectivity index (χ4v) is 5.42. The molecule has 3 aliphatic rings. The second-order valence-corrected chi connectivity index (χ2v) is 10.1. The highest BCUT2D eigenvalue weighted by molar-refractivity contribution is 6.10. The van der Waals surface area contributed by atoms with E-state index >= 15 is 0 Å². The Balaban J connectivity index is 1.39. The van der Waals surface area contributed by atoms with E-state index < -0.39 is 23.2 Å². The van der Waals surface area contributed by atoms with E-state index in [-0.39, 0.29) is 23.7 Å². The van der Waals surface area contributed by atoms with Crippen molar-refractivity contribution in [3.63, 3.8) is 0 Å². The summed E-state index contributed by atoms with van der Waals surface area (Å²) in [6.07, 6.45) is -1.11. The maximum atomic E-state index is 13.9. The highest BCUT2D eigenvalue weighted by Gasteiger charge is 2.59. The molecule has 0 atom stereocenters. The SMILES string of the molecule is CN(C(=O)C12CC(CO1)C2)N(Cc1ccc(C(F)(F)F)cn1)C(=O)c1ccc2nc(N)c3cnn(C)c3c2c1. The summed E-state index contributed by atoms with van der Waals surface area (Å²) in [5.74, 6) is -0.322. The van der Waals surface area contributed by atoms with Crippen LogP contribution in [0.4, 0.5) is 19.0 Å². The van der Waals surface area contributed by atoms with Crippen LogP contribution in [0.1, 0.15) is 34.5 Å². The molecule has 3 fully saturated rings. The average Bonchev–Trinajstić information content (AvgIpc) is 3.61. The summed E-state index contributed by atoms with van der Waals surface area (Å²) in [6, 6.07) is 6.94. The molecule has 10 nitrogen and oxygen atoms in total. The van der Waals surface area contributed by atoms with E-state index in [2.05, 4.69) is 15.1 Å². The minimum absolute atomic E-state index is 0.177. The predicted octanol–water partition coefficient (Wildman–Crippen LogP) is 3.31. The van der Waals surface area contributed by atoms with Crippen LogP contribution >= 0.6 is 0 Å². The van der Waals surface area contributed by atoms with E-state index in [1.54, 1.807) is 36.1 Å². The number of ether oxygens (including phenoxy) is 1. The topological polar surface area (TPSA) is 119 Å². The zero-order valence-electron chi connectivity index (χ0n) is 21.1. The van der Waals surface area contributed by atoms with Crippen molar-refractivity contribution in [2.45, 2.75) is 31.2 Å². The molecule has 0 unspecified atom stereocenters. The van der Waals surface area contributed by atoms with Gasteiger partial charge in [-0.2, -0.15) is 18.3 Å².